The van der Waals surface area contributed by atoms with Crippen molar-refractivity contribution in [3.8, 4) is 5.75 Å². The molecule has 0 aromatic heterocycles. The van der Waals surface area contributed by atoms with Gasteiger partial charge in [-0.3, -0.25) is 0 Å². The van der Waals surface area contributed by atoms with Crippen LogP contribution in [0.4, 0.5) is 11.4 Å². The van der Waals surface area contributed by atoms with Crippen LogP contribution in [0, 0.1) is 0 Å². The average Bonchev–Trinajstić information content (AvgIpc) is 3.36. The van der Waals surface area contributed by atoms with Gasteiger partial charge in [0.05, 0.1) is 20.8 Å². The lowest BCUT2D eigenvalue weighted by molar-refractivity contribution is -0.137. The van der Waals surface area contributed by atoms with Crippen LogP contribution in [-0.2, 0) is 19.1 Å². The summed E-state index contributed by atoms with van der Waals surface area (Å²) in [6.07, 6.45) is 0. The first-order valence-electron chi connectivity index (χ1n) is 10.2. The molecule has 0 saturated heterocycles. The van der Waals surface area contributed by atoms with E-state index in [2.05, 4.69) is 5.10 Å². The highest BCUT2D eigenvalue weighted by Crippen LogP contribution is 2.61. The molecule has 33 heavy (non-hydrogen) atoms. The number of para-hydroxylation sites is 3. The third kappa shape index (κ3) is 3.93. The van der Waals surface area contributed by atoms with Crippen LogP contribution >= 0.6 is 23.5 Å². The number of esters is 2. The summed E-state index contributed by atoms with van der Waals surface area (Å²) in [5, 5.41) is 6.51. The Kier molecular flexibility index (Phi) is 6.57. The van der Waals surface area contributed by atoms with E-state index in [0.29, 0.717) is 22.0 Å². The maximum absolute atomic E-state index is 12.9. The lowest BCUT2D eigenvalue weighted by atomic mass is 10.2. The van der Waals surface area contributed by atoms with Crippen LogP contribution < -0.4 is 14.6 Å². The first-order valence-corrected chi connectivity index (χ1v) is 11.8. The number of carbonyl (C=O) groups is 2. The van der Waals surface area contributed by atoms with Crippen molar-refractivity contribution in [3.05, 3.63) is 65.2 Å². The zero-order valence-corrected chi connectivity index (χ0v) is 20.2. The first-order chi connectivity index (χ1) is 16.0. The van der Waals surface area contributed by atoms with Gasteiger partial charge in [-0.15, -0.1) is 0 Å². The van der Waals surface area contributed by atoms with Gasteiger partial charge >= 0.3 is 11.9 Å². The maximum Gasteiger partial charge on any atom is 0.365 e. The largest absolute Gasteiger partial charge is 0.495 e. The van der Waals surface area contributed by atoms with Gasteiger partial charge in [0.15, 0.2) is 0 Å². The van der Waals surface area contributed by atoms with E-state index >= 15 is 0 Å². The summed E-state index contributed by atoms with van der Waals surface area (Å²) in [6.45, 7) is 3.88. The van der Waals surface area contributed by atoms with Gasteiger partial charge in [-0.25, -0.2) is 14.6 Å². The highest BCUT2D eigenvalue weighted by atomic mass is 32.2. The molecule has 8 nitrogen and oxygen atoms in total. The van der Waals surface area contributed by atoms with Crippen LogP contribution in [-0.4, -0.2) is 42.1 Å². The number of anilines is 2. The topological polar surface area (TPSA) is 80.7 Å². The fourth-order valence-electron chi connectivity index (χ4n) is 3.61. The number of hydrazone groups is 1. The minimum Gasteiger partial charge on any atom is -0.495 e. The molecule has 2 aliphatic rings. The van der Waals surface area contributed by atoms with Gasteiger partial charge in [0, 0.05) is 11.4 Å². The number of nitrogens with zero attached hydrogens (tertiary/aromatic N) is 3. The standard InChI is InChI=1S/C23H23N3O5S2/c1-5-31-21(27)19-15(2)25(16-11-7-6-8-12-16)23(32-19)26(24-20(33-23)22(28)30-4)17-13-9-10-14-18(17)29-3/h6-14H,5H2,1-4H3/t23-/m1/s1. The van der Waals surface area contributed by atoms with Gasteiger partial charge in [-0.1, -0.05) is 42.1 Å². The molecule has 0 saturated carbocycles. The first kappa shape index (κ1) is 23.1. The fraction of sp³-hybridized carbons (Fsp3) is 0.261. The monoisotopic (exact) mass is 485 g/mol. The van der Waals surface area contributed by atoms with E-state index in [1.54, 1.807) is 19.0 Å². The minimum atomic E-state index is -1.06. The summed E-state index contributed by atoms with van der Waals surface area (Å²) < 4.78 is 14.8. The lowest BCUT2D eigenvalue weighted by Gasteiger charge is -2.41. The zero-order chi connectivity index (χ0) is 23.6. The molecule has 2 heterocycles. The summed E-state index contributed by atoms with van der Waals surface area (Å²) in [5.41, 5.74) is 2.16. The highest BCUT2D eigenvalue weighted by Gasteiger charge is 2.59. The van der Waals surface area contributed by atoms with Gasteiger partial charge in [-0.2, -0.15) is 5.10 Å². The Labute approximate surface area is 200 Å². The predicted molar refractivity (Wildman–Crippen MR) is 131 cm³/mol. The summed E-state index contributed by atoms with van der Waals surface area (Å²) in [7, 11) is 2.89. The van der Waals surface area contributed by atoms with Crippen LogP contribution in [0.1, 0.15) is 13.8 Å². The van der Waals surface area contributed by atoms with Crippen molar-refractivity contribution in [1.82, 2.24) is 0 Å². The average molecular weight is 486 g/mol. The number of methoxy groups -OCH3 is 2. The molecular weight excluding hydrogens is 462 g/mol. The van der Waals surface area contributed by atoms with E-state index in [-0.39, 0.29) is 11.7 Å². The molecule has 0 fully saturated rings. The number of ether oxygens (including phenoxy) is 3. The number of thioether (sulfide) groups is 2. The van der Waals surface area contributed by atoms with Gasteiger partial charge < -0.3 is 19.1 Å². The van der Waals surface area contributed by atoms with Crippen molar-refractivity contribution >= 4 is 51.9 Å². The molecule has 1 spiro atoms. The molecule has 2 aromatic carbocycles. The van der Waals surface area contributed by atoms with Crippen molar-refractivity contribution in [2.75, 3.05) is 30.7 Å². The third-order valence-electron chi connectivity index (χ3n) is 5.02. The van der Waals surface area contributed by atoms with E-state index in [4.69, 9.17) is 14.2 Å². The van der Waals surface area contributed by atoms with E-state index in [1.807, 2.05) is 66.4 Å². The SMILES string of the molecule is CCOC(=O)C1=C(C)N(c2ccccc2)[C@]2(SC(C(=O)OC)=NN2c2ccccc2OC)S1. The fourth-order valence-corrected chi connectivity index (χ4v) is 6.57. The van der Waals surface area contributed by atoms with Crippen LogP contribution in [0.15, 0.2) is 70.3 Å². The lowest BCUT2D eigenvalue weighted by Crippen LogP contribution is -2.49. The molecule has 10 heteroatoms. The summed E-state index contributed by atoms with van der Waals surface area (Å²) >= 11 is 2.48. The Bertz CT molecular complexity index is 1140. The van der Waals surface area contributed by atoms with E-state index in [1.165, 1.54) is 30.6 Å². The number of hydrogen-bond acceptors (Lipinski definition) is 10. The molecule has 2 aliphatic heterocycles. The summed E-state index contributed by atoms with van der Waals surface area (Å²) in [5.74, 6) is -0.416. The molecule has 0 radical (unpaired) electrons. The molecule has 172 valence electrons. The van der Waals surface area contributed by atoms with Crippen molar-refractivity contribution in [3.63, 3.8) is 0 Å². The third-order valence-corrected chi connectivity index (χ3v) is 7.87. The van der Waals surface area contributed by atoms with Crippen LogP contribution in [0.5, 0.6) is 5.75 Å². The van der Waals surface area contributed by atoms with Crippen molar-refractivity contribution in [2.45, 2.75) is 18.2 Å². The highest BCUT2D eigenvalue weighted by molar-refractivity contribution is 8.29. The quantitative estimate of drug-likeness (QED) is 0.553. The van der Waals surface area contributed by atoms with Gasteiger partial charge in [0.1, 0.15) is 16.3 Å². The second-order valence-electron chi connectivity index (χ2n) is 6.94. The molecule has 0 aliphatic carbocycles. The molecule has 2 aromatic rings. The van der Waals surface area contributed by atoms with Gasteiger partial charge in [0.25, 0.3) is 0 Å². The Morgan fingerprint density at radius 3 is 2.36 bits per heavy atom. The molecular formula is C23H23N3O5S2. The normalized spacial score (nSPS) is 19.7. The molecule has 1 atom stereocenters. The number of allylic oxidation sites excluding steroid dienone is 1. The minimum absolute atomic E-state index is 0.162. The molecule has 0 amide bonds. The molecule has 0 unspecified atom stereocenters. The Hall–Kier alpha value is -3.11. The van der Waals surface area contributed by atoms with Crippen LogP contribution in [0.2, 0.25) is 0 Å². The zero-order valence-electron chi connectivity index (χ0n) is 18.6. The number of carbonyl (C=O) groups excluding carboxylic acids is 2. The Morgan fingerprint density at radius 1 is 1.00 bits per heavy atom. The summed E-state index contributed by atoms with van der Waals surface area (Å²) in [4.78, 5) is 27.9. The predicted octanol–water partition coefficient (Wildman–Crippen LogP) is 4.39. The molecule has 4 rings (SSSR count). The Morgan fingerprint density at radius 2 is 1.70 bits per heavy atom. The van der Waals surface area contributed by atoms with Crippen molar-refractivity contribution in [2.24, 2.45) is 5.10 Å². The van der Waals surface area contributed by atoms with Crippen LogP contribution in [0.25, 0.3) is 0 Å². The summed E-state index contributed by atoms with van der Waals surface area (Å²) in [6, 6.07) is 17.0. The molecule has 0 bridgehead atoms. The smallest absolute Gasteiger partial charge is 0.365 e. The van der Waals surface area contributed by atoms with E-state index in [0.717, 1.165) is 5.69 Å². The van der Waals surface area contributed by atoms with Gasteiger partial charge in [0.2, 0.25) is 9.37 Å². The number of benzene rings is 2. The van der Waals surface area contributed by atoms with E-state index < -0.39 is 16.3 Å². The second-order valence-corrected chi connectivity index (χ2v) is 9.54. The number of rotatable bonds is 6. The maximum atomic E-state index is 12.9. The van der Waals surface area contributed by atoms with Crippen molar-refractivity contribution in [1.29, 1.82) is 0 Å². The van der Waals surface area contributed by atoms with Crippen LogP contribution in [0.3, 0.4) is 0 Å². The molecule has 0 N–H and O–H groups in total. The Balaban J connectivity index is 1.93. The second kappa shape index (κ2) is 9.40. The van der Waals surface area contributed by atoms with Gasteiger partial charge in [-0.05, 0) is 49.9 Å². The number of hydrogen-bond donors (Lipinski definition) is 0. The van der Waals surface area contributed by atoms with E-state index in [9.17, 15) is 9.59 Å². The van der Waals surface area contributed by atoms with Crippen molar-refractivity contribution < 1.29 is 23.8 Å².